The van der Waals surface area contributed by atoms with Gasteiger partial charge in [0, 0.05) is 20.0 Å². The zero-order valence-corrected chi connectivity index (χ0v) is 11.3. The van der Waals surface area contributed by atoms with Crippen LogP contribution in [0.1, 0.15) is 28.9 Å². The van der Waals surface area contributed by atoms with E-state index in [0.29, 0.717) is 30.0 Å². The normalized spacial score (nSPS) is 10.1. The average molecular weight is 266 g/mol. The van der Waals surface area contributed by atoms with Crippen LogP contribution in [-0.4, -0.2) is 42.7 Å². The fourth-order valence-electron chi connectivity index (χ4n) is 1.67. The zero-order valence-electron chi connectivity index (χ0n) is 11.3. The van der Waals surface area contributed by atoms with Crippen molar-refractivity contribution in [1.29, 1.82) is 0 Å². The van der Waals surface area contributed by atoms with Gasteiger partial charge in [0.05, 0.1) is 18.4 Å². The Morgan fingerprint density at radius 1 is 1.42 bits per heavy atom. The zero-order chi connectivity index (χ0) is 14.4. The number of aromatic nitrogens is 1. The van der Waals surface area contributed by atoms with E-state index in [-0.39, 0.29) is 6.42 Å². The molecule has 104 valence electrons. The minimum Gasteiger partial charge on any atom is -0.481 e. The Morgan fingerprint density at radius 3 is 2.63 bits per heavy atom. The van der Waals surface area contributed by atoms with Crippen LogP contribution >= 0.6 is 0 Å². The van der Waals surface area contributed by atoms with Gasteiger partial charge in [-0.15, -0.1) is 0 Å². The van der Waals surface area contributed by atoms with Gasteiger partial charge in [-0.1, -0.05) is 0 Å². The molecule has 1 N–H and O–H groups in total. The molecule has 1 heterocycles. The quantitative estimate of drug-likeness (QED) is 0.785. The molecule has 0 aliphatic carbocycles. The van der Waals surface area contributed by atoms with Crippen molar-refractivity contribution in [3.05, 3.63) is 23.4 Å². The summed E-state index contributed by atoms with van der Waals surface area (Å²) in [6.45, 7) is 2.33. The molecule has 1 aromatic rings. The fourth-order valence-corrected chi connectivity index (χ4v) is 1.67. The van der Waals surface area contributed by atoms with Crippen molar-refractivity contribution in [2.75, 3.05) is 25.6 Å². The largest absolute Gasteiger partial charge is 0.481 e. The Kier molecular flexibility index (Phi) is 5.29. The number of hydrogen-bond donors (Lipinski definition) is 1. The lowest BCUT2D eigenvalue weighted by atomic mass is 10.2. The number of methoxy groups -OCH3 is 1. The molecule has 0 bridgehead atoms. The van der Waals surface area contributed by atoms with Crippen LogP contribution < -0.4 is 4.90 Å². The molecule has 1 rings (SSSR count). The van der Waals surface area contributed by atoms with E-state index in [2.05, 4.69) is 9.72 Å². The van der Waals surface area contributed by atoms with Crippen molar-refractivity contribution in [2.45, 2.75) is 19.8 Å². The molecule has 0 unspecified atom stereocenters. The average Bonchev–Trinajstić information content (AvgIpc) is 2.37. The summed E-state index contributed by atoms with van der Waals surface area (Å²) < 4.78 is 4.65. The molecule has 0 spiro atoms. The fraction of sp³-hybridized carbons (Fsp3) is 0.462. The Labute approximate surface area is 112 Å². The number of carbonyl (C=O) groups excluding carboxylic acids is 1. The molecule has 0 radical (unpaired) electrons. The van der Waals surface area contributed by atoms with E-state index in [1.165, 1.54) is 7.11 Å². The number of carbonyl (C=O) groups is 2. The molecule has 0 aliphatic rings. The maximum atomic E-state index is 11.4. The van der Waals surface area contributed by atoms with E-state index in [1.54, 1.807) is 19.1 Å². The van der Waals surface area contributed by atoms with E-state index < -0.39 is 11.9 Å². The SMILES string of the molecule is COC(=O)c1ccc(N(C)CCCC(=O)O)nc1C. The summed E-state index contributed by atoms with van der Waals surface area (Å²) in [7, 11) is 3.16. The number of nitrogens with zero attached hydrogens (tertiary/aromatic N) is 2. The van der Waals surface area contributed by atoms with Crippen molar-refractivity contribution in [3.63, 3.8) is 0 Å². The number of hydrogen-bond acceptors (Lipinski definition) is 5. The highest BCUT2D eigenvalue weighted by Gasteiger charge is 2.12. The molecular formula is C13H18N2O4. The maximum absolute atomic E-state index is 11.4. The van der Waals surface area contributed by atoms with Gasteiger partial charge in [-0.3, -0.25) is 4.79 Å². The van der Waals surface area contributed by atoms with Gasteiger partial charge in [0.15, 0.2) is 0 Å². The minimum absolute atomic E-state index is 0.129. The molecule has 0 saturated carbocycles. The lowest BCUT2D eigenvalue weighted by Gasteiger charge is -2.18. The topological polar surface area (TPSA) is 79.7 Å². The van der Waals surface area contributed by atoms with Crippen LogP contribution in [-0.2, 0) is 9.53 Å². The third-order valence-corrected chi connectivity index (χ3v) is 2.75. The van der Waals surface area contributed by atoms with Gasteiger partial charge in [0.1, 0.15) is 5.82 Å². The molecule has 0 amide bonds. The first kappa shape index (κ1) is 14.9. The van der Waals surface area contributed by atoms with Crippen molar-refractivity contribution < 1.29 is 19.4 Å². The van der Waals surface area contributed by atoms with Crippen LogP contribution in [0.3, 0.4) is 0 Å². The summed E-state index contributed by atoms with van der Waals surface area (Å²) in [5, 5.41) is 8.58. The lowest BCUT2D eigenvalue weighted by molar-refractivity contribution is -0.137. The van der Waals surface area contributed by atoms with Crippen molar-refractivity contribution >= 4 is 17.8 Å². The second-order valence-electron chi connectivity index (χ2n) is 4.21. The number of anilines is 1. The van der Waals surface area contributed by atoms with E-state index in [0.717, 1.165) is 0 Å². The molecule has 0 atom stereocenters. The number of aryl methyl sites for hydroxylation is 1. The van der Waals surface area contributed by atoms with Crippen molar-refractivity contribution in [1.82, 2.24) is 4.98 Å². The number of pyridine rings is 1. The van der Waals surface area contributed by atoms with Crippen LogP contribution in [0.2, 0.25) is 0 Å². The van der Waals surface area contributed by atoms with Gasteiger partial charge in [-0.25, -0.2) is 9.78 Å². The third kappa shape index (κ3) is 4.24. The highest BCUT2D eigenvalue weighted by atomic mass is 16.5. The summed E-state index contributed by atoms with van der Waals surface area (Å²) in [4.78, 5) is 28.0. The number of carboxylic acids is 1. The van der Waals surface area contributed by atoms with Crippen LogP contribution in [0.4, 0.5) is 5.82 Å². The first-order valence-electron chi connectivity index (χ1n) is 5.94. The highest BCUT2D eigenvalue weighted by Crippen LogP contribution is 2.15. The lowest BCUT2D eigenvalue weighted by Crippen LogP contribution is -2.21. The van der Waals surface area contributed by atoms with Crippen LogP contribution in [0.25, 0.3) is 0 Å². The third-order valence-electron chi connectivity index (χ3n) is 2.75. The Morgan fingerprint density at radius 2 is 2.11 bits per heavy atom. The Bertz CT molecular complexity index is 474. The highest BCUT2D eigenvalue weighted by molar-refractivity contribution is 5.90. The molecule has 6 nitrogen and oxygen atoms in total. The predicted molar refractivity (Wildman–Crippen MR) is 70.5 cm³/mol. The monoisotopic (exact) mass is 266 g/mol. The number of carboxylic acid groups (broad SMARTS) is 1. The van der Waals surface area contributed by atoms with Crippen molar-refractivity contribution in [2.24, 2.45) is 0 Å². The number of rotatable bonds is 6. The van der Waals surface area contributed by atoms with Gasteiger partial charge in [0.2, 0.25) is 0 Å². The Hall–Kier alpha value is -2.11. The second kappa shape index (κ2) is 6.72. The standard InChI is InChI=1S/C13H18N2O4/c1-9-10(13(18)19-3)6-7-11(14-9)15(2)8-4-5-12(16)17/h6-7H,4-5,8H2,1-3H3,(H,16,17). The van der Waals surface area contributed by atoms with E-state index >= 15 is 0 Å². The van der Waals surface area contributed by atoms with Gasteiger partial charge >= 0.3 is 11.9 Å². The molecule has 6 heteroatoms. The van der Waals surface area contributed by atoms with Gasteiger partial charge in [-0.2, -0.15) is 0 Å². The first-order valence-corrected chi connectivity index (χ1v) is 5.94. The first-order chi connectivity index (χ1) is 8.95. The van der Waals surface area contributed by atoms with Gasteiger partial charge < -0.3 is 14.7 Å². The smallest absolute Gasteiger partial charge is 0.339 e. The summed E-state index contributed by atoms with van der Waals surface area (Å²) in [5.74, 6) is -0.515. The molecular weight excluding hydrogens is 248 g/mol. The number of esters is 1. The molecule has 0 saturated heterocycles. The summed E-state index contributed by atoms with van der Waals surface area (Å²) in [6.07, 6.45) is 0.675. The number of ether oxygens (including phenoxy) is 1. The van der Waals surface area contributed by atoms with Crippen LogP contribution in [0.5, 0.6) is 0 Å². The van der Waals surface area contributed by atoms with E-state index in [1.807, 2.05) is 11.9 Å². The van der Waals surface area contributed by atoms with Crippen LogP contribution in [0.15, 0.2) is 12.1 Å². The Balaban J connectivity index is 2.71. The second-order valence-corrected chi connectivity index (χ2v) is 4.21. The van der Waals surface area contributed by atoms with E-state index in [9.17, 15) is 9.59 Å². The maximum Gasteiger partial charge on any atom is 0.339 e. The van der Waals surface area contributed by atoms with Crippen LogP contribution in [0, 0.1) is 6.92 Å². The molecule has 0 fully saturated rings. The predicted octanol–water partition coefficient (Wildman–Crippen LogP) is 1.48. The minimum atomic E-state index is -0.807. The molecule has 0 aromatic carbocycles. The molecule has 0 aliphatic heterocycles. The molecule has 1 aromatic heterocycles. The van der Waals surface area contributed by atoms with Gasteiger partial charge in [0.25, 0.3) is 0 Å². The van der Waals surface area contributed by atoms with Gasteiger partial charge in [-0.05, 0) is 25.5 Å². The summed E-state index contributed by atoms with van der Waals surface area (Å²) in [5.41, 5.74) is 1.03. The van der Waals surface area contributed by atoms with Crippen molar-refractivity contribution in [3.8, 4) is 0 Å². The van der Waals surface area contributed by atoms with E-state index in [4.69, 9.17) is 5.11 Å². The number of aliphatic carboxylic acids is 1. The summed E-state index contributed by atoms with van der Waals surface area (Å²) in [6, 6.07) is 3.39. The summed E-state index contributed by atoms with van der Waals surface area (Å²) >= 11 is 0. The molecule has 19 heavy (non-hydrogen) atoms.